The zero-order chi connectivity index (χ0) is 16.5. The molecule has 0 saturated heterocycles. The fourth-order valence-corrected chi connectivity index (χ4v) is 4.97. The van der Waals surface area contributed by atoms with E-state index < -0.39 is 0 Å². The van der Waals surface area contributed by atoms with Gasteiger partial charge in [-0.05, 0) is 30.4 Å². The Morgan fingerprint density at radius 1 is 1.42 bits per heavy atom. The van der Waals surface area contributed by atoms with Crippen LogP contribution >= 0.6 is 0 Å². The smallest absolute Gasteiger partial charge is 0.222 e. The van der Waals surface area contributed by atoms with Crippen molar-refractivity contribution in [1.29, 1.82) is 0 Å². The largest absolute Gasteiger partial charge is 0.361 e. The van der Waals surface area contributed by atoms with Gasteiger partial charge in [-0.3, -0.25) is 4.68 Å². The maximum Gasteiger partial charge on any atom is 0.222 e. The van der Waals surface area contributed by atoms with Gasteiger partial charge in [-0.15, -0.1) is 10.2 Å². The molecule has 0 bridgehead atoms. The van der Waals surface area contributed by atoms with Crippen molar-refractivity contribution in [2.75, 3.05) is 0 Å². The molecule has 0 aliphatic heterocycles. The Hall–Kier alpha value is -2.51. The number of H-pyrrole nitrogens is 1. The van der Waals surface area contributed by atoms with E-state index in [1.165, 1.54) is 16.8 Å². The van der Waals surface area contributed by atoms with Gasteiger partial charge in [0.1, 0.15) is 11.5 Å². The summed E-state index contributed by atoms with van der Waals surface area (Å²) in [6.07, 6.45) is 4.85. The number of aryl methyl sites for hydroxylation is 1. The van der Waals surface area contributed by atoms with Gasteiger partial charge in [-0.2, -0.15) is 10.3 Å². The molecule has 5 rings (SSSR count). The predicted octanol–water partition coefficient (Wildman–Crippen LogP) is 1.77. The predicted molar refractivity (Wildman–Crippen MR) is 84.2 cm³/mol. The molecule has 3 heterocycles. The summed E-state index contributed by atoms with van der Waals surface area (Å²) in [7, 11) is 1.96. The van der Waals surface area contributed by atoms with E-state index in [1.54, 1.807) is 0 Å². The second-order valence-electron chi connectivity index (χ2n) is 7.28. The van der Waals surface area contributed by atoms with Crippen molar-refractivity contribution in [3.63, 3.8) is 0 Å². The van der Waals surface area contributed by atoms with Crippen LogP contribution in [0, 0.1) is 5.92 Å². The van der Waals surface area contributed by atoms with Gasteiger partial charge < -0.3 is 4.52 Å². The summed E-state index contributed by atoms with van der Waals surface area (Å²) in [4.78, 5) is 0. The molecule has 8 nitrogen and oxygen atoms in total. The fraction of sp³-hybridized carbons (Fsp3) is 0.562. The van der Waals surface area contributed by atoms with Crippen LogP contribution in [0.3, 0.4) is 0 Å². The molecule has 3 aromatic rings. The molecule has 0 saturated carbocycles. The van der Waals surface area contributed by atoms with Crippen LogP contribution < -0.4 is 0 Å². The third kappa shape index (κ3) is 1.60. The van der Waals surface area contributed by atoms with Crippen LogP contribution in [0.5, 0.6) is 0 Å². The lowest BCUT2D eigenvalue weighted by molar-refractivity contribution is 0.172. The zero-order valence-electron chi connectivity index (χ0n) is 13.9. The number of rotatable bonds is 1. The summed E-state index contributed by atoms with van der Waals surface area (Å²) in [6.45, 7) is 4.58. The van der Waals surface area contributed by atoms with Gasteiger partial charge in [0.2, 0.25) is 5.82 Å². The second-order valence-corrected chi connectivity index (χ2v) is 7.28. The van der Waals surface area contributed by atoms with E-state index in [2.05, 4.69) is 39.6 Å². The second kappa shape index (κ2) is 4.52. The molecule has 3 atom stereocenters. The number of aromatic nitrogens is 7. The lowest BCUT2D eigenvalue weighted by atomic mass is 9.57. The number of tetrazole rings is 1. The number of fused-ring (bicyclic) bond motifs is 4. The van der Waals surface area contributed by atoms with E-state index in [1.807, 2.05) is 17.9 Å². The van der Waals surface area contributed by atoms with Crippen LogP contribution in [0.25, 0.3) is 11.5 Å². The third-order valence-corrected chi connectivity index (χ3v) is 6.02. The van der Waals surface area contributed by atoms with Crippen molar-refractivity contribution in [3.8, 4) is 11.5 Å². The number of nitrogens with zero attached hydrogens (tertiary/aromatic N) is 6. The third-order valence-electron chi connectivity index (χ3n) is 6.02. The molecule has 0 aromatic carbocycles. The summed E-state index contributed by atoms with van der Waals surface area (Å²) in [5.41, 5.74) is 4.58. The topological polar surface area (TPSA) is 98.3 Å². The highest BCUT2D eigenvalue weighted by Gasteiger charge is 2.51. The average molecular weight is 325 g/mol. The molecule has 124 valence electrons. The van der Waals surface area contributed by atoms with E-state index in [9.17, 15) is 0 Å². The van der Waals surface area contributed by atoms with E-state index >= 15 is 0 Å². The number of hydrogen-bond donors (Lipinski definition) is 1. The first-order valence-corrected chi connectivity index (χ1v) is 8.33. The Balaban J connectivity index is 1.70. The van der Waals surface area contributed by atoms with Crippen LogP contribution in [-0.4, -0.2) is 35.6 Å². The van der Waals surface area contributed by atoms with Crippen molar-refractivity contribution in [2.24, 2.45) is 13.0 Å². The Kier molecular flexibility index (Phi) is 2.62. The Morgan fingerprint density at radius 2 is 2.29 bits per heavy atom. The molecule has 2 aliphatic rings. The summed E-state index contributed by atoms with van der Waals surface area (Å²) in [6, 6.07) is 0. The van der Waals surface area contributed by atoms with E-state index in [0.717, 1.165) is 30.7 Å². The van der Waals surface area contributed by atoms with Crippen LogP contribution in [0.15, 0.2) is 10.7 Å². The van der Waals surface area contributed by atoms with Crippen LogP contribution in [-0.2, 0) is 25.3 Å². The normalized spacial score (nSPS) is 28.3. The van der Waals surface area contributed by atoms with Gasteiger partial charge in [-0.1, -0.05) is 19.0 Å². The van der Waals surface area contributed by atoms with Gasteiger partial charge >= 0.3 is 0 Å². The van der Waals surface area contributed by atoms with Crippen molar-refractivity contribution in [1.82, 2.24) is 35.6 Å². The SMILES string of the molecule is C[C@@H]1c2oncc2C[C@]2(C)c3nn(C)c(-c4nn[nH]n4)c3CC[C@@H]12. The molecule has 24 heavy (non-hydrogen) atoms. The maximum absolute atomic E-state index is 5.53. The first-order valence-electron chi connectivity index (χ1n) is 8.33. The zero-order valence-corrected chi connectivity index (χ0v) is 13.9. The van der Waals surface area contributed by atoms with Crippen molar-refractivity contribution < 1.29 is 4.52 Å². The standard InChI is InChI=1S/C16H19N7O/c1-8-11-5-4-10-12(15-18-21-22-19-15)23(3)20-14(10)16(11,2)6-9-7-17-24-13(8)9/h7-8,11H,4-6H2,1-3H3,(H,18,19,21,22)/t8-,11-,16-/m0/s1. The van der Waals surface area contributed by atoms with Crippen LogP contribution in [0.1, 0.15) is 48.8 Å². The van der Waals surface area contributed by atoms with Gasteiger partial charge in [0.25, 0.3) is 0 Å². The van der Waals surface area contributed by atoms with Gasteiger partial charge in [-0.25, -0.2) is 0 Å². The van der Waals surface area contributed by atoms with Crippen molar-refractivity contribution in [3.05, 3.63) is 28.8 Å². The Labute approximate surface area is 138 Å². The minimum atomic E-state index is -0.0225. The maximum atomic E-state index is 5.53. The molecule has 0 spiro atoms. The molecule has 1 N–H and O–H groups in total. The fourth-order valence-electron chi connectivity index (χ4n) is 4.97. The molecule has 0 unspecified atom stereocenters. The van der Waals surface area contributed by atoms with Gasteiger partial charge in [0.05, 0.1) is 11.9 Å². The van der Waals surface area contributed by atoms with Crippen LogP contribution in [0.4, 0.5) is 0 Å². The first kappa shape index (κ1) is 13.9. The lowest BCUT2D eigenvalue weighted by Gasteiger charge is -2.46. The monoisotopic (exact) mass is 325 g/mol. The Morgan fingerprint density at radius 3 is 3.08 bits per heavy atom. The minimum Gasteiger partial charge on any atom is -0.361 e. The van der Waals surface area contributed by atoms with E-state index in [-0.39, 0.29) is 5.41 Å². The molecular formula is C16H19N7O. The molecule has 0 amide bonds. The van der Waals surface area contributed by atoms with Crippen molar-refractivity contribution >= 4 is 0 Å². The first-order chi connectivity index (χ1) is 11.6. The summed E-state index contributed by atoms with van der Waals surface area (Å²) in [5.74, 6) is 2.52. The average Bonchev–Trinajstić information content (AvgIpc) is 3.25. The number of hydrogen-bond acceptors (Lipinski definition) is 6. The molecule has 0 radical (unpaired) electrons. The summed E-state index contributed by atoms with van der Waals surface area (Å²) < 4.78 is 7.43. The van der Waals surface area contributed by atoms with E-state index in [4.69, 9.17) is 9.62 Å². The minimum absolute atomic E-state index is 0.0225. The number of aromatic amines is 1. The van der Waals surface area contributed by atoms with Gasteiger partial charge in [0.15, 0.2) is 0 Å². The molecule has 0 fully saturated rings. The highest BCUT2D eigenvalue weighted by atomic mass is 16.5. The van der Waals surface area contributed by atoms with Crippen LogP contribution in [0.2, 0.25) is 0 Å². The summed E-state index contributed by atoms with van der Waals surface area (Å²) >= 11 is 0. The molecule has 3 aromatic heterocycles. The Bertz CT molecular complexity index is 909. The quantitative estimate of drug-likeness (QED) is 0.732. The molecule has 2 aliphatic carbocycles. The highest BCUT2D eigenvalue weighted by molar-refractivity contribution is 5.59. The lowest BCUT2D eigenvalue weighted by Crippen LogP contribution is -2.44. The number of nitrogens with one attached hydrogen (secondary N) is 1. The van der Waals surface area contributed by atoms with Crippen molar-refractivity contribution in [2.45, 2.75) is 44.4 Å². The van der Waals surface area contributed by atoms with E-state index in [0.29, 0.717) is 17.7 Å². The summed E-state index contributed by atoms with van der Waals surface area (Å²) in [5, 5.41) is 23.5. The highest BCUT2D eigenvalue weighted by Crippen LogP contribution is 2.54. The molecular weight excluding hydrogens is 306 g/mol. The molecule has 8 heteroatoms. The van der Waals surface area contributed by atoms with Gasteiger partial charge in [0, 0.05) is 29.5 Å².